The molecule has 1 saturated heterocycles. The van der Waals surface area contributed by atoms with Crippen LogP contribution in [0.4, 0.5) is 10.2 Å². The topological polar surface area (TPSA) is 58.9 Å². The Kier molecular flexibility index (Phi) is 7.25. The molecule has 1 aliphatic rings. The lowest BCUT2D eigenvalue weighted by molar-refractivity contribution is 0.188. The molecule has 6 nitrogen and oxygen atoms in total. The fourth-order valence-electron chi connectivity index (χ4n) is 4.87. The fraction of sp³-hybridized carbons (Fsp3) is 0.370. The third-order valence-corrected chi connectivity index (χ3v) is 6.90. The zero-order valence-electron chi connectivity index (χ0n) is 19.9. The molecular weight excluding hydrogens is 463 g/mol. The van der Waals surface area contributed by atoms with Gasteiger partial charge in [0.05, 0.1) is 11.0 Å². The van der Waals surface area contributed by atoms with Crippen molar-refractivity contribution < 1.29 is 4.39 Å². The summed E-state index contributed by atoms with van der Waals surface area (Å²) in [6.45, 7) is 6.56. The van der Waals surface area contributed by atoms with Crippen molar-refractivity contribution >= 4 is 28.5 Å². The molecule has 182 valence electrons. The maximum atomic E-state index is 13.4. The number of para-hydroxylation sites is 2. The highest BCUT2D eigenvalue weighted by Crippen LogP contribution is 2.25. The zero-order valence-corrected chi connectivity index (χ0v) is 20.7. The lowest BCUT2D eigenvalue weighted by atomic mass is 9.93. The molecule has 2 aromatic carbocycles. The fourth-order valence-corrected chi connectivity index (χ4v) is 5.09. The molecule has 3 heterocycles. The van der Waals surface area contributed by atoms with Gasteiger partial charge < -0.3 is 14.8 Å². The minimum Gasteiger partial charge on any atom is -0.369 e. The number of aryl methyl sites for hydroxylation is 1. The number of halogens is 2. The van der Waals surface area contributed by atoms with E-state index < -0.39 is 0 Å². The van der Waals surface area contributed by atoms with Gasteiger partial charge in [-0.3, -0.25) is 0 Å². The molecule has 2 aromatic heterocycles. The van der Waals surface area contributed by atoms with Crippen LogP contribution in [-0.4, -0.2) is 50.6 Å². The Morgan fingerprint density at radius 3 is 2.57 bits per heavy atom. The van der Waals surface area contributed by atoms with Crippen molar-refractivity contribution in [2.45, 2.75) is 32.7 Å². The predicted octanol–water partition coefficient (Wildman–Crippen LogP) is 5.34. The van der Waals surface area contributed by atoms with E-state index in [0.717, 1.165) is 79.4 Å². The molecule has 1 fully saturated rings. The van der Waals surface area contributed by atoms with Crippen LogP contribution in [0.3, 0.4) is 0 Å². The van der Waals surface area contributed by atoms with E-state index in [0.29, 0.717) is 12.5 Å². The Hall–Kier alpha value is -3.03. The molecule has 5 rings (SSSR count). The molecule has 0 unspecified atom stereocenters. The number of fused-ring (bicyclic) bond motifs is 1. The van der Waals surface area contributed by atoms with E-state index in [2.05, 4.69) is 43.0 Å². The number of nitrogens with zero attached hydrogens (tertiary/aromatic N) is 5. The number of rotatable bonds is 8. The van der Waals surface area contributed by atoms with Crippen molar-refractivity contribution in [2.75, 3.05) is 31.5 Å². The highest BCUT2D eigenvalue weighted by atomic mass is 35.5. The van der Waals surface area contributed by atoms with Crippen molar-refractivity contribution in [3.63, 3.8) is 0 Å². The second kappa shape index (κ2) is 10.7. The van der Waals surface area contributed by atoms with Gasteiger partial charge in [-0.1, -0.05) is 24.3 Å². The Morgan fingerprint density at radius 1 is 1.03 bits per heavy atom. The predicted molar refractivity (Wildman–Crippen MR) is 138 cm³/mol. The van der Waals surface area contributed by atoms with Crippen LogP contribution >= 0.6 is 11.6 Å². The number of anilines is 1. The molecule has 0 aliphatic carbocycles. The van der Waals surface area contributed by atoms with Crippen molar-refractivity contribution in [1.29, 1.82) is 0 Å². The van der Waals surface area contributed by atoms with Gasteiger partial charge >= 0.3 is 0 Å². The number of likely N-dealkylation sites (tertiary alicyclic amines) is 1. The normalized spacial score (nSPS) is 15.1. The third-order valence-electron chi connectivity index (χ3n) is 6.73. The van der Waals surface area contributed by atoms with Crippen molar-refractivity contribution in [1.82, 2.24) is 24.4 Å². The summed E-state index contributed by atoms with van der Waals surface area (Å²) in [5.74, 6) is 2.29. The molecular formula is C27H30ClFN6. The van der Waals surface area contributed by atoms with Crippen molar-refractivity contribution in [2.24, 2.45) is 5.92 Å². The van der Waals surface area contributed by atoms with Crippen LogP contribution in [-0.2, 0) is 13.0 Å². The molecule has 35 heavy (non-hydrogen) atoms. The summed E-state index contributed by atoms with van der Waals surface area (Å²) in [5, 5.41) is 3.64. The summed E-state index contributed by atoms with van der Waals surface area (Å²) in [6.07, 6.45) is 3.26. The first kappa shape index (κ1) is 23.7. The summed E-state index contributed by atoms with van der Waals surface area (Å²) in [5.41, 5.74) is 4.10. The monoisotopic (exact) mass is 492 g/mol. The van der Waals surface area contributed by atoms with Gasteiger partial charge in [0, 0.05) is 37.8 Å². The van der Waals surface area contributed by atoms with Crippen LogP contribution in [0.25, 0.3) is 11.0 Å². The number of imidazole rings is 1. The maximum Gasteiger partial charge on any atom is 0.224 e. The quantitative estimate of drug-likeness (QED) is 0.336. The summed E-state index contributed by atoms with van der Waals surface area (Å²) in [6, 6.07) is 17.0. The van der Waals surface area contributed by atoms with Gasteiger partial charge in [-0.25, -0.2) is 19.3 Å². The van der Waals surface area contributed by atoms with Crippen LogP contribution in [0.15, 0.2) is 54.6 Å². The first-order valence-corrected chi connectivity index (χ1v) is 12.6. The smallest absolute Gasteiger partial charge is 0.224 e. The van der Waals surface area contributed by atoms with Gasteiger partial charge in [0.2, 0.25) is 5.28 Å². The SMILES string of the molecule is Cc1cc(NCCN2CCC(Cc3nc4ccccc4n3Cc3ccc(F)cc3)CC2)nc(Cl)n1. The second-order valence-corrected chi connectivity index (χ2v) is 9.65. The van der Waals surface area contributed by atoms with E-state index in [4.69, 9.17) is 16.6 Å². The second-order valence-electron chi connectivity index (χ2n) is 9.31. The van der Waals surface area contributed by atoms with E-state index in [1.54, 1.807) is 0 Å². The number of hydrogen-bond acceptors (Lipinski definition) is 5. The molecule has 0 atom stereocenters. The standard InChI is InChI=1S/C27H30ClFN6/c1-19-16-25(33-27(28)31-19)30-12-15-34-13-10-20(11-14-34)17-26-32-23-4-2-3-5-24(23)35(26)18-21-6-8-22(29)9-7-21/h2-9,16,20H,10-15,17-18H2,1H3,(H,30,31,33). The Labute approximate surface area is 210 Å². The van der Waals surface area contributed by atoms with Crippen LogP contribution in [0.1, 0.15) is 29.9 Å². The summed E-state index contributed by atoms with van der Waals surface area (Å²) < 4.78 is 15.7. The molecule has 1 N–H and O–H groups in total. The number of nitrogens with one attached hydrogen (secondary N) is 1. The molecule has 0 saturated carbocycles. The first-order valence-electron chi connectivity index (χ1n) is 12.2. The number of aromatic nitrogens is 4. The highest BCUT2D eigenvalue weighted by molar-refractivity contribution is 6.28. The molecule has 8 heteroatoms. The molecule has 0 amide bonds. The van der Waals surface area contributed by atoms with Crippen LogP contribution < -0.4 is 5.32 Å². The van der Waals surface area contributed by atoms with Gasteiger partial charge in [0.1, 0.15) is 17.5 Å². The average molecular weight is 493 g/mol. The van der Waals surface area contributed by atoms with Crippen LogP contribution in [0.2, 0.25) is 5.28 Å². The van der Waals surface area contributed by atoms with Crippen molar-refractivity contribution in [3.8, 4) is 0 Å². The average Bonchev–Trinajstić information content (AvgIpc) is 3.18. The Bertz CT molecular complexity index is 1260. The Morgan fingerprint density at radius 2 is 1.80 bits per heavy atom. The van der Waals surface area contributed by atoms with Crippen LogP contribution in [0, 0.1) is 18.7 Å². The van der Waals surface area contributed by atoms with Gasteiger partial charge in [-0.2, -0.15) is 0 Å². The molecule has 0 spiro atoms. The summed E-state index contributed by atoms with van der Waals surface area (Å²) in [4.78, 5) is 15.8. The van der Waals surface area contributed by atoms with Gasteiger partial charge in [-0.05, 0) is 80.2 Å². The molecule has 1 aliphatic heterocycles. The first-order chi connectivity index (χ1) is 17.0. The minimum atomic E-state index is -0.206. The summed E-state index contributed by atoms with van der Waals surface area (Å²) >= 11 is 5.95. The third kappa shape index (κ3) is 5.97. The van der Waals surface area contributed by atoms with Crippen LogP contribution in [0.5, 0.6) is 0 Å². The van der Waals surface area contributed by atoms with Gasteiger partial charge in [0.15, 0.2) is 0 Å². The van der Waals surface area contributed by atoms with E-state index in [1.807, 2.05) is 31.2 Å². The zero-order chi connectivity index (χ0) is 24.2. The van der Waals surface area contributed by atoms with E-state index >= 15 is 0 Å². The number of hydrogen-bond donors (Lipinski definition) is 1. The van der Waals surface area contributed by atoms with E-state index in [1.165, 1.54) is 12.1 Å². The lowest BCUT2D eigenvalue weighted by Crippen LogP contribution is -2.37. The van der Waals surface area contributed by atoms with Gasteiger partial charge in [0.25, 0.3) is 0 Å². The Balaban J connectivity index is 1.18. The maximum absolute atomic E-state index is 13.4. The number of benzene rings is 2. The van der Waals surface area contributed by atoms with Gasteiger partial charge in [-0.15, -0.1) is 0 Å². The highest BCUT2D eigenvalue weighted by Gasteiger charge is 2.22. The molecule has 4 aromatic rings. The van der Waals surface area contributed by atoms with E-state index in [-0.39, 0.29) is 11.1 Å². The summed E-state index contributed by atoms with van der Waals surface area (Å²) in [7, 11) is 0. The lowest BCUT2D eigenvalue weighted by Gasteiger charge is -2.32. The largest absolute Gasteiger partial charge is 0.369 e. The number of piperidine rings is 1. The molecule has 0 radical (unpaired) electrons. The molecule has 0 bridgehead atoms. The minimum absolute atomic E-state index is 0.206. The van der Waals surface area contributed by atoms with E-state index in [9.17, 15) is 4.39 Å². The van der Waals surface area contributed by atoms with Crippen molar-refractivity contribution in [3.05, 3.63) is 82.8 Å².